The molecule has 1 unspecified atom stereocenters. The average Bonchev–Trinajstić information content (AvgIpc) is 2.96. The number of aryl methyl sites for hydroxylation is 1. The summed E-state index contributed by atoms with van der Waals surface area (Å²) in [6.45, 7) is 9.60. The van der Waals surface area contributed by atoms with Gasteiger partial charge >= 0.3 is 0 Å². The highest BCUT2D eigenvalue weighted by molar-refractivity contribution is 7.10. The maximum Gasteiger partial charge on any atom is 0.120 e. The fourth-order valence-electron chi connectivity index (χ4n) is 1.95. The number of thiophene rings is 1. The minimum absolute atomic E-state index is 0.157. The fourth-order valence-corrected chi connectivity index (χ4v) is 2.80. The highest BCUT2D eigenvalue weighted by Crippen LogP contribution is 2.27. The minimum Gasteiger partial charge on any atom is -0.465 e. The van der Waals surface area contributed by atoms with Gasteiger partial charge in [0.15, 0.2) is 0 Å². The molecular formula is C15H21NOS. The molecule has 0 bridgehead atoms. The summed E-state index contributed by atoms with van der Waals surface area (Å²) < 4.78 is 5.64. The summed E-state index contributed by atoms with van der Waals surface area (Å²) in [5.41, 5.74) is 0.157. The fraction of sp³-hybridized carbons (Fsp3) is 0.467. The summed E-state index contributed by atoms with van der Waals surface area (Å²) in [4.78, 5) is 1.41. The van der Waals surface area contributed by atoms with Crippen LogP contribution >= 0.6 is 11.3 Å². The molecule has 0 radical (unpaired) electrons. The molecule has 0 saturated carbocycles. The Morgan fingerprint density at radius 1 is 1.33 bits per heavy atom. The number of rotatable bonds is 5. The third kappa shape index (κ3) is 3.03. The molecule has 2 nitrogen and oxygen atoms in total. The average molecular weight is 263 g/mol. The lowest BCUT2D eigenvalue weighted by Crippen LogP contribution is -2.33. The van der Waals surface area contributed by atoms with Gasteiger partial charge in [-0.25, -0.2) is 0 Å². The molecule has 0 saturated heterocycles. The number of hydrogen-bond acceptors (Lipinski definition) is 3. The van der Waals surface area contributed by atoms with Crippen molar-refractivity contribution in [2.45, 2.75) is 39.2 Å². The summed E-state index contributed by atoms with van der Waals surface area (Å²) >= 11 is 1.82. The van der Waals surface area contributed by atoms with Gasteiger partial charge in [0.2, 0.25) is 0 Å². The standard InChI is InChI=1S/C15H21NOS/c1-11-7-8-13(17-11)12(2)16-10-15(3,4)14-6-5-9-18-14/h5-9,12,16H,10H2,1-4H3. The van der Waals surface area contributed by atoms with Gasteiger partial charge < -0.3 is 9.73 Å². The Morgan fingerprint density at radius 2 is 2.11 bits per heavy atom. The Kier molecular flexibility index (Phi) is 3.93. The summed E-state index contributed by atoms with van der Waals surface area (Å²) in [6.07, 6.45) is 0. The lowest BCUT2D eigenvalue weighted by atomic mass is 9.91. The molecule has 0 aliphatic carbocycles. The Hall–Kier alpha value is -1.06. The largest absolute Gasteiger partial charge is 0.465 e. The van der Waals surface area contributed by atoms with Crippen LogP contribution in [-0.4, -0.2) is 6.54 Å². The van der Waals surface area contributed by atoms with E-state index in [-0.39, 0.29) is 11.5 Å². The number of furan rings is 1. The first-order valence-electron chi connectivity index (χ1n) is 6.33. The van der Waals surface area contributed by atoms with Crippen LogP contribution in [0.15, 0.2) is 34.1 Å². The molecule has 0 amide bonds. The molecule has 1 N–H and O–H groups in total. The van der Waals surface area contributed by atoms with Gasteiger partial charge in [-0.15, -0.1) is 11.3 Å². The first-order valence-corrected chi connectivity index (χ1v) is 7.21. The maximum absolute atomic E-state index is 5.64. The molecular weight excluding hydrogens is 242 g/mol. The van der Waals surface area contributed by atoms with E-state index in [0.717, 1.165) is 18.1 Å². The Bertz CT molecular complexity index is 484. The van der Waals surface area contributed by atoms with Crippen LogP contribution in [0.1, 0.15) is 43.2 Å². The maximum atomic E-state index is 5.64. The molecule has 2 heterocycles. The molecule has 3 heteroatoms. The van der Waals surface area contributed by atoms with Crippen molar-refractivity contribution in [2.75, 3.05) is 6.54 Å². The van der Waals surface area contributed by atoms with E-state index in [1.165, 1.54) is 4.88 Å². The topological polar surface area (TPSA) is 25.2 Å². The summed E-state index contributed by atoms with van der Waals surface area (Å²) in [6, 6.07) is 8.62. The van der Waals surface area contributed by atoms with Crippen LogP contribution in [0.25, 0.3) is 0 Å². The van der Waals surface area contributed by atoms with Crippen LogP contribution in [0.5, 0.6) is 0 Å². The van der Waals surface area contributed by atoms with Gasteiger partial charge in [-0.05, 0) is 37.4 Å². The molecule has 0 aliphatic rings. The molecule has 1 atom stereocenters. The van der Waals surface area contributed by atoms with Crippen LogP contribution in [0.3, 0.4) is 0 Å². The van der Waals surface area contributed by atoms with E-state index in [9.17, 15) is 0 Å². The highest BCUT2D eigenvalue weighted by atomic mass is 32.1. The van der Waals surface area contributed by atoms with Crippen molar-refractivity contribution in [3.05, 3.63) is 46.0 Å². The van der Waals surface area contributed by atoms with Gasteiger partial charge in [-0.2, -0.15) is 0 Å². The second-order valence-electron chi connectivity index (χ2n) is 5.41. The zero-order valence-electron chi connectivity index (χ0n) is 11.5. The van der Waals surface area contributed by atoms with Gasteiger partial charge in [0.25, 0.3) is 0 Å². The second-order valence-corrected chi connectivity index (χ2v) is 6.36. The molecule has 0 spiro atoms. The lowest BCUT2D eigenvalue weighted by molar-refractivity contribution is 0.383. The molecule has 0 fully saturated rings. The van der Waals surface area contributed by atoms with Crippen molar-refractivity contribution >= 4 is 11.3 Å². The number of nitrogens with one attached hydrogen (secondary N) is 1. The number of hydrogen-bond donors (Lipinski definition) is 1. The summed E-state index contributed by atoms with van der Waals surface area (Å²) in [7, 11) is 0. The van der Waals surface area contributed by atoms with E-state index < -0.39 is 0 Å². The predicted molar refractivity (Wildman–Crippen MR) is 77.2 cm³/mol. The van der Waals surface area contributed by atoms with Gasteiger partial charge in [-0.3, -0.25) is 0 Å². The minimum atomic E-state index is 0.157. The van der Waals surface area contributed by atoms with Crippen molar-refractivity contribution in [3.63, 3.8) is 0 Å². The third-order valence-corrected chi connectivity index (χ3v) is 4.46. The van der Waals surface area contributed by atoms with Gasteiger partial charge in [0, 0.05) is 16.8 Å². The third-order valence-electron chi connectivity index (χ3n) is 3.23. The van der Waals surface area contributed by atoms with Gasteiger partial charge in [0.05, 0.1) is 6.04 Å². The molecule has 18 heavy (non-hydrogen) atoms. The SMILES string of the molecule is Cc1ccc(C(C)NCC(C)(C)c2cccs2)o1. The monoisotopic (exact) mass is 263 g/mol. The summed E-state index contributed by atoms with van der Waals surface area (Å²) in [5.74, 6) is 1.98. The molecule has 0 aromatic carbocycles. The van der Waals surface area contributed by atoms with E-state index in [2.05, 4.69) is 43.6 Å². The summed E-state index contributed by atoms with van der Waals surface area (Å²) in [5, 5.41) is 5.69. The van der Waals surface area contributed by atoms with Crippen molar-refractivity contribution in [3.8, 4) is 0 Å². The van der Waals surface area contributed by atoms with E-state index in [0.29, 0.717) is 0 Å². The van der Waals surface area contributed by atoms with E-state index >= 15 is 0 Å². The van der Waals surface area contributed by atoms with Crippen LogP contribution in [0, 0.1) is 6.92 Å². The van der Waals surface area contributed by atoms with Crippen LogP contribution in [0.2, 0.25) is 0 Å². The molecule has 0 aliphatic heterocycles. The molecule has 2 aromatic rings. The highest BCUT2D eigenvalue weighted by Gasteiger charge is 2.22. The van der Waals surface area contributed by atoms with E-state index in [4.69, 9.17) is 4.42 Å². The zero-order valence-corrected chi connectivity index (χ0v) is 12.3. The molecule has 2 rings (SSSR count). The van der Waals surface area contributed by atoms with Crippen molar-refractivity contribution in [1.82, 2.24) is 5.32 Å². The van der Waals surface area contributed by atoms with Crippen molar-refractivity contribution < 1.29 is 4.42 Å². The Morgan fingerprint density at radius 3 is 2.67 bits per heavy atom. The quantitative estimate of drug-likeness (QED) is 0.871. The van der Waals surface area contributed by atoms with E-state index in [1.807, 2.05) is 30.4 Å². The van der Waals surface area contributed by atoms with Crippen molar-refractivity contribution in [2.24, 2.45) is 0 Å². The van der Waals surface area contributed by atoms with E-state index in [1.54, 1.807) is 0 Å². The van der Waals surface area contributed by atoms with Crippen LogP contribution in [-0.2, 0) is 5.41 Å². The first kappa shape index (κ1) is 13.4. The zero-order chi connectivity index (χ0) is 13.2. The Labute approximate surface area is 113 Å². The van der Waals surface area contributed by atoms with Gasteiger partial charge in [-0.1, -0.05) is 19.9 Å². The van der Waals surface area contributed by atoms with Crippen molar-refractivity contribution in [1.29, 1.82) is 0 Å². The first-order chi connectivity index (χ1) is 8.49. The predicted octanol–water partition coefficient (Wildman–Crippen LogP) is 4.28. The molecule has 2 aromatic heterocycles. The molecule has 98 valence electrons. The Balaban J connectivity index is 1.95. The van der Waals surface area contributed by atoms with Gasteiger partial charge in [0.1, 0.15) is 11.5 Å². The lowest BCUT2D eigenvalue weighted by Gasteiger charge is -2.25. The second kappa shape index (κ2) is 5.29. The van der Waals surface area contributed by atoms with Crippen LogP contribution in [0.4, 0.5) is 0 Å². The normalized spacial score (nSPS) is 13.8. The van der Waals surface area contributed by atoms with Crippen LogP contribution < -0.4 is 5.32 Å². The smallest absolute Gasteiger partial charge is 0.120 e.